The number of alkyl halides is 3. The fourth-order valence-electron chi connectivity index (χ4n) is 3.13. The minimum Gasteiger partial charge on any atom is -0.307 e. The van der Waals surface area contributed by atoms with Crippen LogP contribution < -0.4 is 5.56 Å². The molecule has 1 heterocycles. The lowest BCUT2D eigenvalue weighted by Crippen LogP contribution is -2.29. The zero-order valence-electron chi connectivity index (χ0n) is 15.1. The number of hydrogen-bond acceptors (Lipinski definition) is 2. The predicted octanol–water partition coefficient (Wildman–Crippen LogP) is 4.96. The summed E-state index contributed by atoms with van der Waals surface area (Å²) in [7, 11) is 0. The van der Waals surface area contributed by atoms with Crippen LogP contribution in [0.15, 0.2) is 65.5 Å². The van der Waals surface area contributed by atoms with Crippen LogP contribution in [-0.4, -0.2) is 4.57 Å². The molecule has 0 aliphatic heterocycles. The number of halogens is 3. The second kappa shape index (κ2) is 7.73. The van der Waals surface area contributed by atoms with Crippen LogP contribution in [0, 0.1) is 18.3 Å². The lowest BCUT2D eigenvalue weighted by atomic mass is 10.0. The summed E-state index contributed by atoms with van der Waals surface area (Å²) in [4.78, 5) is 12.8. The first kappa shape index (κ1) is 19.4. The van der Waals surface area contributed by atoms with E-state index in [1.54, 1.807) is 18.2 Å². The molecule has 0 N–H and O–H groups in total. The summed E-state index contributed by atoms with van der Waals surface area (Å²) in [5.74, 6) is 0. The van der Waals surface area contributed by atoms with E-state index in [1.165, 1.54) is 10.6 Å². The molecule has 0 aliphatic carbocycles. The molecular formula is C22H17F3N2O. The largest absolute Gasteiger partial charge is 0.417 e. The van der Waals surface area contributed by atoms with E-state index in [2.05, 4.69) is 0 Å². The Hall–Kier alpha value is -3.33. The number of benzene rings is 2. The van der Waals surface area contributed by atoms with E-state index >= 15 is 0 Å². The minimum atomic E-state index is -4.79. The summed E-state index contributed by atoms with van der Waals surface area (Å²) in [5.41, 5.74) is -0.550. The molecule has 3 nitrogen and oxygen atoms in total. The molecule has 3 rings (SSSR count). The Balaban J connectivity index is 2.20. The van der Waals surface area contributed by atoms with Gasteiger partial charge in [-0.1, -0.05) is 54.1 Å². The third-order valence-corrected chi connectivity index (χ3v) is 4.50. The normalized spacial score (nSPS) is 11.2. The van der Waals surface area contributed by atoms with Crippen molar-refractivity contribution in [3.8, 4) is 17.3 Å². The average Bonchev–Trinajstić information content (AvgIpc) is 2.66. The Morgan fingerprint density at radius 2 is 1.75 bits per heavy atom. The molecule has 0 spiro atoms. The molecule has 1 aromatic heterocycles. The van der Waals surface area contributed by atoms with E-state index in [-0.39, 0.29) is 12.2 Å². The van der Waals surface area contributed by atoms with E-state index in [4.69, 9.17) is 0 Å². The predicted molar refractivity (Wildman–Crippen MR) is 101 cm³/mol. The van der Waals surface area contributed by atoms with Gasteiger partial charge in [0.2, 0.25) is 0 Å². The molecular weight excluding hydrogens is 365 g/mol. The maximum Gasteiger partial charge on any atom is 0.417 e. The smallest absolute Gasteiger partial charge is 0.307 e. The quantitative estimate of drug-likeness (QED) is 0.640. The van der Waals surface area contributed by atoms with Gasteiger partial charge in [-0.3, -0.25) is 4.79 Å². The van der Waals surface area contributed by atoms with Gasteiger partial charge in [-0.2, -0.15) is 18.4 Å². The second-order valence-corrected chi connectivity index (χ2v) is 6.49. The molecule has 6 heteroatoms. The van der Waals surface area contributed by atoms with Crippen molar-refractivity contribution in [2.24, 2.45) is 0 Å². The van der Waals surface area contributed by atoms with Crippen LogP contribution in [0.2, 0.25) is 0 Å². The topological polar surface area (TPSA) is 45.8 Å². The highest BCUT2D eigenvalue weighted by atomic mass is 19.4. The first-order valence-electron chi connectivity index (χ1n) is 8.67. The standard InChI is InChI=1S/C22H17F3N2O/c1-15-6-5-9-17(12-15)20-13-19(22(23,24)25)18(14-26)21(28)27(20)11-10-16-7-3-2-4-8-16/h2-9,12-13H,10-11H2,1H3. The molecule has 142 valence electrons. The maximum absolute atomic E-state index is 13.5. The Morgan fingerprint density at radius 3 is 2.36 bits per heavy atom. The van der Waals surface area contributed by atoms with Crippen LogP contribution in [0.5, 0.6) is 0 Å². The highest BCUT2D eigenvalue weighted by Gasteiger charge is 2.36. The van der Waals surface area contributed by atoms with Crippen LogP contribution >= 0.6 is 0 Å². The molecule has 0 radical (unpaired) electrons. The van der Waals surface area contributed by atoms with Gasteiger partial charge in [0.15, 0.2) is 0 Å². The first-order valence-corrected chi connectivity index (χ1v) is 8.67. The molecule has 3 aromatic rings. The Labute approximate surface area is 160 Å². The Bertz CT molecular complexity index is 1090. The number of nitrogens with zero attached hydrogens (tertiary/aromatic N) is 2. The zero-order valence-corrected chi connectivity index (χ0v) is 15.1. The molecule has 0 aliphatic rings. The highest BCUT2D eigenvalue weighted by Crippen LogP contribution is 2.33. The first-order chi connectivity index (χ1) is 13.3. The van der Waals surface area contributed by atoms with Crippen LogP contribution in [0.25, 0.3) is 11.3 Å². The van der Waals surface area contributed by atoms with Crippen LogP contribution in [0.4, 0.5) is 13.2 Å². The third kappa shape index (κ3) is 3.99. The summed E-state index contributed by atoms with van der Waals surface area (Å²) in [5, 5.41) is 9.21. The van der Waals surface area contributed by atoms with Crippen LogP contribution in [-0.2, 0) is 19.1 Å². The summed E-state index contributed by atoms with van der Waals surface area (Å²) in [6.45, 7) is 1.99. The highest BCUT2D eigenvalue weighted by molar-refractivity contribution is 5.63. The van der Waals surface area contributed by atoms with Gasteiger partial charge in [-0.15, -0.1) is 0 Å². The van der Waals surface area contributed by atoms with E-state index in [9.17, 15) is 23.2 Å². The third-order valence-electron chi connectivity index (χ3n) is 4.50. The SMILES string of the molecule is Cc1cccc(-c2cc(C(F)(F)F)c(C#N)c(=O)n2CCc2ccccc2)c1. The number of nitriles is 1. The van der Waals surface area contributed by atoms with E-state index in [0.29, 0.717) is 12.0 Å². The minimum absolute atomic E-state index is 0.149. The van der Waals surface area contributed by atoms with Crippen molar-refractivity contribution in [3.05, 3.63) is 93.3 Å². The average molecular weight is 382 g/mol. The Kier molecular flexibility index (Phi) is 5.36. The molecule has 2 aromatic carbocycles. The lowest BCUT2D eigenvalue weighted by Gasteiger charge is -2.18. The fraction of sp³-hybridized carbons (Fsp3) is 0.182. The molecule has 0 saturated heterocycles. The van der Waals surface area contributed by atoms with Gasteiger partial charge >= 0.3 is 6.18 Å². The van der Waals surface area contributed by atoms with Gasteiger partial charge in [0, 0.05) is 6.54 Å². The molecule has 0 fully saturated rings. The van der Waals surface area contributed by atoms with E-state index in [1.807, 2.05) is 43.3 Å². The molecule has 0 bridgehead atoms. The summed E-state index contributed by atoms with van der Waals surface area (Å²) in [6.07, 6.45) is -4.34. The van der Waals surface area contributed by atoms with Crippen LogP contribution in [0.3, 0.4) is 0 Å². The molecule has 0 saturated carbocycles. The summed E-state index contributed by atoms with van der Waals surface area (Å²) >= 11 is 0. The van der Waals surface area contributed by atoms with Crippen molar-refractivity contribution in [3.63, 3.8) is 0 Å². The van der Waals surface area contributed by atoms with E-state index < -0.39 is 22.9 Å². The van der Waals surface area contributed by atoms with Gasteiger partial charge in [-0.25, -0.2) is 0 Å². The fourth-order valence-corrected chi connectivity index (χ4v) is 3.13. The van der Waals surface area contributed by atoms with Crippen molar-refractivity contribution in [2.75, 3.05) is 0 Å². The number of rotatable bonds is 4. The van der Waals surface area contributed by atoms with Gasteiger partial charge in [0.25, 0.3) is 5.56 Å². The Morgan fingerprint density at radius 1 is 1.04 bits per heavy atom. The summed E-state index contributed by atoms with van der Waals surface area (Å²) < 4.78 is 41.7. The van der Waals surface area contributed by atoms with Crippen molar-refractivity contribution in [1.82, 2.24) is 4.57 Å². The molecule has 28 heavy (non-hydrogen) atoms. The lowest BCUT2D eigenvalue weighted by molar-refractivity contribution is -0.137. The maximum atomic E-state index is 13.5. The van der Waals surface area contributed by atoms with Gasteiger partial charge in [-0.05, 0) is 36.6 Å². The van der Waals surface area contributed by atoms with Gasteiger partial charge < -0.3 is 4.57 Å². The second-order valence-electron chi connectivity index (χ2n) is 6.49. The van der Waals surface area contributed by atoms with Crippen molar-refractivity contribution < 1.29 is 13.2 Å². The number of aryl methyl sites for hydroxylation is 2. The van der Waals surface area contributed by atoms with Crippen molar-refractivity contribution >= 4 is 0 Å². The summed E-state index contributed by atoms with van der Waals surface area (Å²) in [6, 6.07) is 18.6. The number of aromatic nitrogens is 1. The zero-order chi connectivity index (χ0) is 20.3. The van der Waals surface area contributed by atoms with Crippen molar-refractivity contribution in [2.45, 2.75) is 26.1 Å². The monoisotopic (exact) mass is 382 g/mol. The van der Waals surface area contributed by atoms with E-state index in [0.717, 1.165) is 17.2 Å². The molecule has 0 amide bonds. The number of pyridine rings is 1. The molecule has 0 unspecified atom stereocenters. The number of hydrogen-bond donors (Lipinski definition) is 0. The van der Waals surface area contributed by atoms with Crippen LogP contribution in [0.1, 0.15) is 22.3 Å². The van der Waals surface area contributed by atoms with Gasteiger partial charge in [0.05, 0.1) is 11.3 Å². The molecule has 0 atom stereocenters. The van der Waals surface area contributed by atoms with Gasteiger partial charge in [0.1, 0.15) is 11.6 Å². The van der Waals surface area contributed by atoms with Crippen molar-refractivity contribution in [1.29, 1.82) is 5.26 Å².